The predicted molar refractivity (Wildman–Crippen MR) is 65.1 cm³/mol. The van der Waals surface area contributed by atoms with Crippen molar-refractivity contribution < 1.29 is 9.90 Å². The number of halogens is 1. The molecule has 0 bridgehead atoms. The number of hydrogen-bond donors (Lipinski definition) is 2. The van der Waals surface area contributed by atoms with Crippen LogP contribution < -0.4 is 5.32 Å². The van der Waals surface area contributed by atoms with Crippen molar-refractivity contribution in [1.29, 1.82) is 0 Å². The Morgan fingerprint density at radius 1 is 1.56 bits per heavy atom. The van der Waals surface area contributed by atoms with E-state index in [0.717, 1.165) is 12.0 Å². The zero-order valence-corrected chi connectivity index (χ0v) is 10.2. The summed E-state index contributed by atoms with van der Waals surface area (Å²) in [7, 11) is 0. The summed E-state index contributed by atoms with van der Waals surface area (Å²) < 4.78 is 0. The largest absolute Gasteiger partial charge is 0.508 e. The maximum absolute atomic E-state index is 11.6. The highest BCUT2D eigenvalue weighted by Crippen LogP contribution is 2.17. The lowest BCUT2D eigenvalue weighted by atomic mass is 10.1. The first-order valence-electron chi connectivity index (χ1n) is 5.26. The molecule has 0 aromatic heterocycles. The molecule has 0 spiro atoms. The number of aromatic hydroxyl groups is 1. The molecule has 0 aliphatic heterocycles. The summed E-state index contributed by atoms with van der Waals surface area (Å²) in [5.41, 5.74) is 1.20. The highest BCUT2D eigenvalue weighted by Gasteiger charge is 2.09. The molecule has 2 N–H and O–H groups in total. The fourth-order valence-electron chi connectivity index (χ4n) is 1.20. The van der Waals surface area contributed by atoms with Gasteiger partial charge in [-0.3, -0.25) is 4.79 Å². The van der Waals surface area contributed by atoms with Crippen molar-refractivity contribution in [2.75, 3.05) is 6.54 Å². The molecule has 0 aliphatic carbocycles. The van der Waals surface area contributed by atoms with Gasteiger partial charge < -0.3 is 10.4 Å². The molecular weight excluding hydrogens is 226 g/mol. The number of benzene rings is 1. The van der Waals surface area contributed by atoms with E-state index in [2.05, 4.69) is 5.32 Å². The Kier molecular flexibility index (Phi) is 4.62. The lowest BCUT2D eigenvalue weighted by Gasteiger charge is -2.09. The Labute approximate surface area is 100 Å². The van der Waals surface area contributed by atoms with E-state index in [1.54, 1.807) is 19.1 Å². The summed E-state index contributed by atoms with van der Waals surface area (Å²) in [4.78, 5) is 11.6. The first-order valence-corrected chi connectivity index (χ1v) is 5.70. The monoisotopic (exact) mass is 241 g/mol. The number of rotatable bonds is 4. The first kappa shape index (κ1) is 12.8. The van der Waals surface area contributed by atoms with Crippen LogP contribution in [-0.4, -0.2) is 22.9 Å². The number of carbonyl (C=O) groups excluding carboxylic acids is 1. The van der Waals surface area contributed by atoms with E-state index in [4.69, 9.17) is 11.6 Å². The van der Waals surface area contributed by atoms with Crippen molar-refractivity contribution in [1.82, 2.24) is 5.32 Å². The maximum Gasteiger partial charge on any atom is 0.251 e. The molecule has 0 saturated carbocycles. The van der Waals surface area contributed by atoms with Gasteiger partial charge in [-0.1, -0.05) is 13.0 Å². The molecule has 1 unspecified atom stereocenters. The second-order valence-corrected chi connectivity index (χ2v) is 4.33. The first-order chi connectivity index (χ1) is 7.54. The number of hydrogen-bond acceptors (Lipinski definition) is 2. The molecule has 1 amide bonds. The topological polar surface area (TPSA) is 49.3 Å². The minimum absolute atomic E-state index is 0.0528. The average molecular weight is 242 g/mol. The molecule has 0 saturated heterocycles. The lowest BCUT2D eigenvalue weighted by Crippen LogP contribution is -2.29. The molecule has 1 rings (SSSR count). The fraction of sp³-hybridized carbons (Fsp3) is 0.417. The Balaban J connectivity index is 2.63. The number of carbonyl (C=O) groups is 1. The van der Waals surface area contributed by atoms with Gasteiger partial charge in [-0.25, -0.2) is 0 Å². The summed E-state index contributed by atoms with van der Waals surface area (Å²) in [6.45, 7) is 4.18. The third kappa shape index (κ3) is 3.42. The second-order valence-electron chi connectivity index (χ2n) is 3.72. The Morgan fingerprint density at radius 2 is 2.25 bits per heavy atom. The molecule has 1 aromatic carbocycles. The number of nitrogens with one attached hydrogen (secondary N) is 1. The Bertz CT molecular complexity index is 379. The van der Waals surface area contributed by atoms with Crippen molar-refractivity contribution in [2.45, 2.75) is 25.6 Å². The average Bonchev–Trinajstić information content (AvgIpc) is 2.29. The van der Waals surface area contributed by atoms with Crippen molar-refractivity contribution in [3.8, 4) is 5.75 Å². The van der Waals surface area contributed by atoms with E-state index in [9.17, 15) is 9.90 Å². The minimum atomic E-state index is -0.214. The Morgan fingerprint density at radius 3 is 2.81 bits per heavy atom. The second kappa shape index (κ2) is 5.75. The van der Waals surface area contributed by atoms with Gasteiger partial charge in [0.1, 0.15) is 5.75 Å². The van der Waals surface area contributed by atoms with Crippen LogP contribution in [0.2, 0.25) is 0 Å². The minimum Gasteiger partial charge on any atom is -0.508 e. The molecule has 3 nitrogen and oxygen atoms in total. The van der Waals surface area contributed by atoms with Crippen molar-refractivity contribution in [3.05, 3.63) is 29.3 Å². The number of alkyl halides is 1. The van der Waals surface area contributed by atoms with E-state index < -0.39 is 0 Å². The van der Waals surface area contributed by atoms with Gasteiger partial charge in [-0.15, -0.1) is 11.6 Å². The summed E-state index contributed by atoms with van der Waals surface area (Å²) in [5, 5.41) is 12.1. The van der Waals surface area contributed by atoms with Crippen LogP contribution in [0.5, 0.6) is 5.75 Å². The number of phenolic OH excluding ortho intramolecular Hbond substituents is 1. The van der Waals surface area contributed by atoms with Gasteiger partial charge >= 0.3 is 0 Å². The lowest BCUT2D eigenvalue weighted by molar-refractivity contribution is 0.0953. The van der Waals surface area contributed by atoms with E-state index >= 15 is 0 Å². The van der Waals surface area contributed by atoms with Crippen LogP contribution in [0.3, 0.4) is 0 Å². The molecule has 16 heavy (non-hydrogen) atoms. The summed E-state index contributed by atoms with van der Waals surface area (Å²) in [5.74, 6) is -0.0834. The summed E-state index contributed by atoms with van der Waals surface area (Å²) in [6.07, 6.45) is 0.807. The van der Waals surface area contributed by atoms with Gasteiger partial charge in [-0.05, 0) is 31.0 Å². The van der Waals surface area contributed by atoms with Gasteiger partial charge in [-0.2, -0.15) is 0 Å². The van der Waals surface area contributed by atoms with Crippen LogP contribution in [0.1, 0.15) is 29.3 Å². The quantitative estimate of drug-likeness (QED) is 0.796. The highest BCUT2D eigenvalue weighted by molar-refractivity contribution is 6.20. The normalized spacial score (nSPS) is 12.2. The van der Waals surface area contributed by atoms with Crippen LogP contribution in [0.4, 0.5) is 0 Å². The molecular formula is C12H16ClNO2. The number of phenols is 1. The molecule has 4 heteroatoms. The zero-order chi connectivity index (χ0) is 12.1. The van der Waals surface area contributed by atoms with E-state index in [-0.39, 0.29) is 17.0 Å². The van der Waals surface area contributed by atoms with Crippen molar-refractivity contribution in [2.24, 2.45) is 0 Å². The van der Waals surface area contributed by atoms with Crippen molar-refractivity contribution >= 4 is 17.5 Å². The number of aryl methyl sites for hydroxylation is 1. The summed E-state index contributed by atoms with van der Waals surface area (Å²) in [6, 6.07) is 4.85. The third-order valence-corrected chi connectivity index (χ3v) is 2.86. The van der Waals surface area contributed by atoms with Crippen LogP contribution >= 0.6 is 11.6 Å². The van der Waals surface area contributed by atoms with E-state index in [1.165, 1.54) is 6.07 Å². The van der Waals surface area contributed by atoms with Crippen LogP contribution in [0.15, 0.2) is 18.2 Å². The zero-order valence-electron chi connectivity index (χ0n) is 9.46. The van der Waals surface area contributed by atoms with Gasteiger partial charge in [0.2, 0.25) is 0 Å². The Hall–Kier alpha value is -1.22. The van der Waals surface area contributed by atoms with Crippen LogP contribution in [0.25, 0.3) is 0 Å². The summed E-state index contributed by atoms with van der Waals surface area (Å²) >= 11 is 5.89. The van der Waals surface area contributed by atoms with Gasteiger partial charge in [0.25, 0.3) is 5.91 Å². The molecule has 1 aromatic rings. The predicted octanol–water partition coefficient (Wildman–Crippen LogP) is 2.45. The van der Waals surface area contributed by atoms with E-state index in [1.807, 2.05) is 6.92 Å². The molecule has 0 aliphatic rings. The van der Waals surface area contributed by atoms with Gasteiger partial charge in [0.05, 0.1) is 5.38 Å². The van der Waals surface area contributed by atoms with Crippen LogP contribution in [0, 0.1) is 6.92 Å². The van der Waals surface area contributed by atoms with E-state index in [0.29, 0.717) is 12.1 Å². The SMILES string of the molecule is CCC(Cl)CNC(=O)c1ccc(C)c(O)c1. The molecule has 1 atom stereocenters. The third-order valence-electron chi connectivity index (χ3n) is 2.40. The standard InChI is InChI=1S/C12H16ClNO2/c1-3-10(13)7-14-12(16)9-5-4-8(2)11(15)6-9/h4-6,10,15H,3,7H2,1-2H3,(H,14,16). The fourth-order valence-corrected chi connectivity index (χ4v) is 1.28. The highest BCUT2D eigenvalue weighted by atomic mass is 35.5. The maximum atomic E-state index is 11.6. The van der Waals surface area contributed by atoms with Crippen molar-refractivity contribution in [3.63, 3.8) is 0 Å². The van der Waals surface area contributed by atoms with Crippen LogP contribution in [-0.2, 0) is 0 Å². The van der Waals surface area contributed by atoms with Gasteiger partial charge in [0.15, 0.2) is 0 Å². The smallest absolute Gasteiger partial charge is 0.251 e. The van der Waals surface area contributed by atoms with Gasteiger partial charge in [0, 0.05) is 12.1 Å². The molecule has 0 fully saturated rings. The molecule has 0 heterocycles. The molecule has 88 valence electrons. The number of amides is 1. The molecule has 0 radical (unpaired) electrons.